The van der Waals surface area contributed by atoms with Gasteiger partial charge in [0.1, 0.15) is 5.60 Å². The number of hydrogen-bond donors (Lipinski definition) is 1. The van der Waals surface area contributed by atoms with Crippen molar-refractivity contribution in [3.63, 3.8) is 0 Å². The van der Waals surface area contributed by atoms with Crippen molar-refractivity contribution in [3.8, 4) is 0 Å². The fourth-order valence-electron chi connectivity index (χ4n) is 3.06. The van der Waals surface area contributed by atoms with Crippen LogP contribution in [-0.4, -0.2) is 53.8 Å². The molecule has 120 valence electrons. The zero-order valence-electron chi connectivity index (χ0n) is 13.3. The second-order valence-corrected chi connectivity index (χ2v) is 6.76. The number of carbonyl (C=O) groups excluding carboxylic acids is 2. The molecule has 0 aliphatic carbocycles. The molecule has 1 amide bonds. The lowest BCUT2D eigenvalue weighted by atomic mass is 10.0. The van der Waals surface area contributed by atoms with Gasteiger partial charge in [-0.05, 0) is 40.5 Å². The third-order valence-corrected chi connectivity index (χ3v) is 3.87. The zero-order chi connectivity index (χ0) is 15.6. The van der Waals surface area contributed by atoms with Crippen LogP contribution < -0.4 is 5.32 Å². The molecule has 2 saturated heterocycles. The van der Waals surface area contributed by atoms with Crippen LogP contribution in [0.2, 0.25) is 0 Å². The minimum Gasteiger partial charge on any atom is -0.466 e. The predicted molar refractivity (Wildman–Crippen MR) is 77.9 cm³/mol. The normalized spacial score (nSPS) is 28.4. The molecule has 0 aromatic carbocycles. The van der Waals surface area contributed by atoms with Gasteiger partial charge in [-0.15, -0.1) is 0 Å². The molecule has 6 heteroatoms. The van der Waals surface area contributed by atoms with Gasteiger partial charge in [0.15, 0.2) is 0 Å². The number of rotatable bonds is 3. The van der Waals surface area contributed by atoms with E-state index in [2.05, 4.69) is 5.32 Å². The lowest BCUT2D eigenvalue weighted by molar-refractivity contribution is -0.144. The molecular formula is C15H26N2O4. The van der Waals surface area contributed by atoms with Crippen molar-refractivity contribution in [2.75, 3.05) is 13.2 Å². The molecule has 0 radical (unpaired) electrons. The Kier molecular flexibility index (Phi) is 4.76. The van der Waals surface area contributed by atoms with Gasteiger partial charge in [0.25, 0.3) is 0 Å². The number of piperazine rings is 1. The molecule has 2 bridgehead atoms. The van der Waals surface area contributed by atoms with E-state index >= 15 is 0 Å². The lowest BCUT2D eigenvalue weighted by Gasteiger charge is -2.40. The van der Waals surface area contributed by atoms with E-state index in [1.54, 1.807) is 11.8 Å². The minimum absolute atomic E-state index is 0.153. The summed E-state index contributed by atoms with van der Waals surface area (Å²) in [5.74, 6) is -0.261. The quantitative estimate of drug-likeness (QED) is 0.803. The van der Waals surface area contributed by atoms with Crippen LogP contribution in [0.15, 0.2) is 0 Å². The van der Waals surface area contributed by atoms with Crippen molar-refractivity contribution < 1.29 is 19.1 Å². The molecule has 21 heavy (non-hydrogen) atoms. The fraction of sp³-hybridized carbons (Fsp3) is 0.867. The van der Waals surface area contributed by atoms with E-state index in [1.807, 2.05) is 20.8 Å². The summed E-state index contributed by atoms with van der Waals surface area (Å²) >= 11 is 0. The first-order valence-corrected chi connectivity index (χ1v) is 7.71. The van der Waals surface area contributed by atoms with Crippen molar-refractivity contribution >= 4 is 12.1 Å². The first kappa shape index (κ1) is 16.1. The molecule has 0 aromatic heterocycles. The number of nitrogens with one attached hydrogen (secondary N) is 1. The number of likely N-dealkylation sites (tertiary alicyclic amines) is 1. The van der Waals surface area contributed by atoms with Crippen LogP contribution >= 0.6 is 0 Å². The highest BCUT2D eigenvalue weighted by molar-refractivity contribution is 5.73. The number of carbonyl (C=O) groups is 2. The molecule has 6 nitrogen and oxygen atoms in total. The summed E-state index contributed by atoms with van der Waals surface area (Å²) in [7, 11) is 0. The molecule has 0 aromatic rings. The molecule has 2 rings (SSSR count). The average Bonchev–Trinajstić information content (AvgIpc) is 2.74. The number of ether oxygens (including phenoxy) is 2. The molecule has 1 N–H and O–H groups in total. The van der Waals surface area contributed by atoms with Gasteiger partial charge in [0.2, 0.25) is 0 Å². The summed E-state index contributed by atoms with van der Waals surface area (Å²) < 4.78 is 10.5. The van der Waals surface area contributed by atoms with Crippen molar-refractivity contribution in [1.82, 2.24) is 10.2 Å². The molecule has 2 aliphatic heterocycles. The van der Waals surface area contributed by atoms with E-state index in [0.717, 1.165) is 12.8 Å². The summed E-state index contributed by atoms with van der Waals surface area (Å²) in [5, 5.41) is 3.48. The number of hydrogen-bond acceptors (Lipinski definition) is 5. The van der Waals surface area contributed by atoms with Crippen LogP contribution in [0, 0.1) is 0 Å². The van der Waals surface area contributed by atoms with E-state index in [-0.39, 0.29) is 30.6 Å². The predicted octanol–water partition coefficient (Wildman–Crippen LogP) is 1.68. The Labute approximate surface area is 126 Å². The Morgan fingerprint density at radius 3 is 2.62 bits per heavy atom. The summed E-state index contributed by atoms with van der Waals surface area (Å²) in [5.41, 5.74) is -0.532. The van der Waals surface area contributed by atoms with Crippen molar-refractivity contribution in [2.24, 2.45) is 0 Å². The SMILES string of the molecule is CCOC(=O)CC1C2CCC(CN1C(=O)OC(C)(C)C)N2. The van der Waals surface area contributed by atoms with Crippen LogP contribution in [0.25, 0.3) is 0 Å². The molecule has 3 unspecified atom stereocenters. The van der Waals surface area contributed by atoms with Crippen molar-refractivity contribution in [3.05, 3.63) is 0 Å². The Balaban J connectivity index is 2.08. The third-order valence-electron chi connectivity index (χ3n) is 3.87. The van der Waals surface area contributed by atoms with Gasteiger partial charge in [-0.2, -0.15) is 0 Å². The van der Waals surface area contributed by atoms with Gasteiger partial charge in [-0.3, -0.25) is 4.79 Å². The van der Waals surface area contributed by atoms with Crippen LogP contribution in [0.5, 0.6) is 0 Å². The van der Waals surface area contributed by atoms with E-state index < -0.39 is 5.60 Å². The van der Waals surface area contributed by atoms with E-state index in [1.165, 1.54) is 0 Å². The maximum absolute atomic E-state index is 12.4. The molecular weight excluding hydrogens is 272 g/mol. The summed E-state index contributed by atoms with van der Waals surface area (Å²) in [6, 6.07) is 0.277. The fourth-order valence-corrected chi connectivity index (χ4v) is 3.06. The maximum atomic E-state index is 12.4. The Morgan fingerprint density at radius 2 is 2.00 bits per heavy atom. The number of esters is 1. The van der Waals surface area contributed by atoms with Gasteiger partial charge in [-0.1, -0.05) is 0 Å². The van der Waals surface area contributed by atoms with Crippen LogP contribution in [-0.2, 0) is 14.3 Å². The van der Waals surface area contributed by atoms with Gasteiger partial charge in [-0.25, -0.2) is 4.79 Å². The average molecular weight is 298 g/mol. The highest BCUT2D eigenvalue weighted by atomic mass is 16.6. The van der Waals surface area contributed by atoms with Crippen LogP contribution in [0.4, 0.5) is 4.79 Å². The maximum Gasteiger partial charge on any atom is 0.410 e. The van der Waals surface area contributed by atoms with Gasteiger partial charge in [0, 0.05) is 18.6 Å². The van der Waals surface area contributed by atoms with Crippen molar-refractivity contribution in [2.45, 2.75) is 70.7 Å². The highest BCUT2D eigenvalue weighted by Crippen LogP contribution is 2.29. The van der Waals surface area contributed by atoms with Gasteiger partial charge < -0.3 is 19.7 Å². The molecule has 0 spiro atoms. The molecule has 3 atom stereocenters. The lowest BCUT2D eigenvalue weighted by Crippen LogP contribution is -2.60. The number of nitrogens with zero attached hydrogens (tertiary/aromatic N) is 1. The number of fused-ring (bicyclic) bond motifs is 2. The van der Waals surface area contributed by atoms with Gasteiger partial charge in [0.05, 0.1) is 19.1 Å². The second-order valence-electron chi connectivity index (χ2n) is 6.76. The highest BCUT2D eigenvalue weighted by Gasteiger charge is 2.44. The minimum atomic E-state index is -0.532. The first-order chi connectivity index (χ1) is 9.80. The van der Waals surface area contributed by atoms with E-state index in [0.29, 0.717) is 19.2 Å². The molecule has 0 saturated carbocycles. The molecule has 2 aliphatic rings. The Hall–Kier alpha value is -1.30. The topological polar surface area (TPSA) is 67.9 Å². The third kappa shape index (κ3) is 4.09. The van der Waals surface area contributed by atoms with Crippen LogP contribution in [0.1, 0.15) is 47.0 Å². The van der Waals surface area contributed by atoms with Crippen LogP contribution in [0.3, 0.4) is 0 Å². The first-order valence-electron chi connectivity index (χ1n) is 7.71. The molecule has 2 heterocycles. The molecule has 2 fully saturated rings. The summed E-state index contributed by atoms with van der Waals surface area (Å²) in [6.07, 6.45) is 1.89. The van der Waals surface area contributed by atoms with Gasteiger partial charge >= 0.3 is 12.1 Å². The second kappa shape index (κ2) is 6.22. The Morgan fingerprint density at radius 1 is 1.29 bits per heavy atom. The summed E-state index contributed by atoms with van der Waals surface area (Å²) in [4.78, 5) is 25.9. The van der Waals surface area contributed by atoms with E-state index in [4.69, 9.17) is 9.47 Å². The smallest absolute Gasteiger partial charge is 0.410 e. The summed E-state index contributed by atoms with van der Waals surface area (Å²) in [6.45, 7) is 8.29. The van der Waals surface area contributed by atoms with E-state index in [9.17, 15) is 9.59 Å². The largest absolute Gasteiger partial charge is 0.466 e. The zero-order valence-corrected chi connectivity index (χ0v) is 13.3. The van der Waals surface area contributed by atoms with Crippen molar-refractivity contribution in [1.29, 1.82) is 0 Å². The monoisotopic (exact) mass is 298 g/mol. The number of amides is 1. The standard InChI is InChI=1S/C15H26N2O4/c1-5-20-13(18)8-12-11-7-6-10(16-11)9-17(12)14(19)21-15(2,3)4/h10-12,16H,5-9H2,1-4H3. The Bertz CT molecular complexity index is 405.